The van der Waals surface area contributed by atoms with Gasteiger partial charge in [-0.25, -0.2) is 4.98 Å². The largest absolute Gasteiger partial charge is 0.454 e. The SMILES string of the molecule is Cc1ccsc1CN(C)c1nncc(-c2ccc3c(c2)OCO3)n1. The number of hydrogen-bond acceptors (Lipinski definition) is 7. The van der Waals surface area contributed by atoms with Gasteiger partial charge < -0.3 is 14.4 Å². The topological polar surface area (TPSA) is 60.4 Å². The summed E-state index contributed by atoms with van der Waals surface area (Å²) in [6, 6.07) is 7.87. The van der Waals surface area contributed by atoms with Crippen molar-refractivity contribution in [2.75, 3.05) is 18.7 Å². The quantitative estimate of drug-likeness (QED) is 0.726. The van der Waals surface area contributed by atoms with Crippen LogP contribution in [-0.2, 0) is 6.54 Å². The van der Waals surface area contributed by atoms with Crippen LogP contribution in [0, 0.1) is 6.92 Å². The molecule has 0 fully saturated rings. The van der Waals surface area contributed by atoms with Crippen LogP contribution < -0.4 is 14.4 Å². The maximum Gasteiger partial charge on any atom is 0.245 e. The lowest BCUT2D eigenvalue weighted by atomic mass is 10.1. The highest BCUT2D eigenvalue weighted by Gasteiger charge is 2.16. The fraction of sp³-hybridized carbons (Fsp3) is 0.235. The van der Waals surface area contributed by atoms with Crippen LogP contribution in [0.1, 0.15) is 10.4 Å². The van der Waals surface area contributed by atoms with Crippen LogP contribution in [0.5, 0.6) is 11.5 Å². The van der Waals surface area contributed by atoms with E-state index >= 15 is 0 Å². The monoisotopic (exact) mass is 340 g/mol. The molecule has 3 heterocycles. The van der Waals surface area contributed by atoms with Gasteiger partial charge in [-0.3, -0.25) is 0 Å². The molecular formula is C17H16N4O2S. The molecule has 1 aromatic carbocycles. The maximum atomic E-state index is 5.43. The highest BCUT2D eigenvalue weighted by Crippen LogP contribution is 2.35. The smallest absolute Gasteiger partial charge is 0.245 e. The molecule has 0 unspecified atom stereocenters. The van der Waals surface area contributed by atoms with Gasteiger partial charge in [0.05, 0.1) is 18.4 Å². The summed E-state index contributed by atoms with van der Waals surface area (Å²) >= 11 is 1.74. The van der Waals surface area contributed by atoms with E-state index in [4.69, 9.17) is 9.47 Å². The molecule has 1 aliphatic heterocycles. The number of hydrogen-bond donors (Lipinski definition) is 0. The van der Waals surface area contributed by atoms with Gasteiger partial charge in [-0.05, 0) is 42.1 Å². The number of nitrogens with zero attached hydrogens (tertiary/aromatic N) is 4. The van der Waals surface area contributed by atoms with Gasteiger partial charge in [-0.15, -0.1) is 16.4 Å². The van der Waals surface area contributed by atoms with Gasteiger partial charge in [-0.1, -0.05) is 0 Å². The third kappa shape index (κ3) is 2.78. The summed E-state index contributed by atoms with van der Waals surface area (Å²) in [5.41, 5.74) is 2.97. The lowest BCUT2D eigenvalue weighted by Gasteiger charge is -2.16. The molecule has 0 saturated heterocycles. The van der Waals surface area contributed by atoms with Crippen molar-refractivity contribution in [2.45, 2.75) is 13.5 Å². The van der Waals surface area contributed by atoms with Crippen molar-refractivity contribution in [1.82, 2.24) is 15.2 Å². The van der Waals surface area contributed by atoms with Crippen molar-refractivity contribution in [2.24, 2.45) is 0 Å². The van der Waals surface area contributed by atoms with Gasteiger partial charge in [0.15, 0.2) is 11.5 Å². The molecule has 0 bridgehead atoms. The molecule has 4 rings (SSSR count). The fourth-order valence-electron chi connectivity index (χ4n) is 2.50. The molecule has 0 radical (unpaired) electrons. The van der Waals surface area contributed by atoms with Gasteiger partial charge >= 0.3 is 0 Å². The van der Waals surface area contributed by atoms with Gasteiger partial charge in [-0.2, -0.15) is 5.10 Å². The maximum absolute atomic E-state index is 5.43. The summed E-state index contributed by atoms with van der Waals surface area (Å²) < 4.78 is 10.8. The standard InChI is InChI=1S/C17H16N4O2S/c1-11-5-6-24-16(11)9-21(2)17-19-13(8-18-20-17)12-3-4-14-15(7-12)23-10-22-14/h3-8H,9-10H2,1-2H3. The Morgan fingerprint density at radius 2 is 2.08 bits per heavy atom. The van der Waals surface area contributed by atoms with Crippen LogP contribution in [0.4, 0.5) is 5.95 Å². The van der Waals surface area contributed by atoms with E-state index in [2.05, 4.69) is 33.6 Å². The molecule has 1 aliphatic rings. The molecule has 7 heteroatoms. The van der Waals surface area contributed by atoms with Gasteiger partial charge in [0.2, 0.25) is 12.7 Å². The lowest BCUT2D eigenvalue weighted by Crippen LogP contribution is -2.19. The first-order chi connectivity index (χ1) is 11.7. The molecule has 6 nitrogen and oxygen atoms in total. The number of anilines is 1. The van der Waals surface area contributed by atoms with E-state index in [-0.39, 0.29) is 6.79 Å². The first-order valence-corrected chi connectivity index (χ1v) is 8.42. The fourth-order valence-corrected chi connectivity index (χ4v) is 3.46. The Morgan fingerprint density at radius 1 is 1.21 bits per heavy atom. The van der Waals surface area contributed by atoms with E-state index in [0.29, 0.717) is 5.95 Å². The van der Waals surface area contributed by atoms with Crippen molar-refractivity contribution in [1.29, 1.82) is 0 Å². The molecule has 0 amide bonds. The second-order valence-electron chi connectivity index (χ2n) is 5.59. The van der Waals surface area contributed by atoms with Crippen LogP contribution in [-0.4, -0.2) is 29.0 Å². The van der Waals surface area contributed by atoms with E-state index < -0.39 is 0 Å². The van der Waals surface area contributed by atoms with Crippen LogP contribution in [0.3, 0.4) is 0 Å². The Labute approximate surface area is 143 Å². The minimum atomic E-state index is 0.259. The molecule has 0 N–H and O–H groups in total. The van der Waals surface area contributed by atoms with E-state index in [1.807, 2.05) is 30.1 Å². The Hall–Kier alpha value is -2.67. The van der Waals surface area contributed by atoms with Gasteiger partial charge in [0.25, 0.3) is 0 Å². The summed E-state index contributed by atoms with van der Waals surface area (Å²) in [6.07, 6.45) is 1.66. The zero-order valence-electron chi connectivity index (χ0n) is 13.4. The third-order valence-corrected chi connectivity index (χ3v) is 4.91. The number of benzene rings is 1. The predicted octanol–water partition coefficient (Wildman–Crippen LogP) is 3.27. The average Bonchev–Trinajstić information content (AvgIpc) is 3.23. The van der Waals surface area contributed by atoms with E-state index in [1.54, 1.807) is 17.5 Å². The average molecular weight is 340 g/mol. The highest BCUT2D eigenvalue weighted by atomic mass is 32.1. The van der Waals surface area contributed by atoms with E-state index in [9.17, 15) is 0 Å². The number of thiophene rings is 1. The summed E-state index contributed by atoms with van der Waals surface area (Å²) in [6.45, 7) is 3.13. The minimum Gasteiger partial charge on any atom is -0.454 e. The molecule has 3 aromatic rings. The highest BCUT2D eigenvalue weighted by molar-refractivity contribution is 7.10. The molecule has 122 valence electrons. The van der Waals surface area contributed by atoms with Crippen molar-refractivity contribution in [3.8, 4) is 22.8 Å². The summed E-state index contributed by atoms with van der Waals surface area (Å²) in [5, 5.41) is 10.4. The summed E-state index contributed by atoms with van der Waals surface area (Å²) in [7, 11) is 1.97. The zero-order valence-corrected chi connectivity index (χ0v) is 14.2. The number of fused-ring (bicyclic) bond motifs is 1. The second kappa shape index (κ2) is 6.09. The van der Waals surface area contributed by atoms with Crippen molar-refractivity contribution < 1.29 is 9.47 Å². The van der Waals surface area contributed by atoms with Crippen molar-refractivity contribution >= 4 is 17.3 Å². The van der Waals surface area contributed by atoms with E-state index in [1.165, 1.54) is 10.4 Å². The molecular weight excluding hydrogens is 324 g/mol. The van der Waals surface area contributed by atoms with Gasteiger partial charge in [0, 0.05) is 17.5 Å². The Bertz CT molecular complexity index is 881. The zero-order chi connectivity index (χ0) is 16.5. The first-order valence-electron chi connectivity index (χ1n) is 7.54. The molecule has 24 heavy (non-hydrogen) atoms. The Morgan fingerprint density at radius 3 is 2.92 bits per heavy atom. The number of aryl methyl sites for hydroxylation is 1. The van der Waals surface area contributed by atoms with Crippen LogP contribution in [0.25, 0.3) is 11.3 Å². The molecule has 0 atom stereocenters. The third-order valence-electron chi connectivity index (χ3n) is 3.91. The Kier molecular flexibility index (Phi) is 3.78. The van der Waals surface area contributed by atoms with Gasteiger partial charge in [0.1, 0.15) is 0 Å². The summed E-state index contributed by atoms with van der Waals surface area (Å²) in [4.78, 5) is 7.94. The number of rotatable bonds is 4. The molecule has 0 spiro atoms. The minimum absolute atomic E-state index is 0.259. The normalized spacial score (nSPS) is 12.4. The molecule has 0 saturated carbocycles. The van der Waals surface area contributed by atoms with Crippen molar-refractivity contribution in [3.05, 3.63) is 46.3 Å². The van der Waals surface area contributed by atoms with Crippen LogP contribution >= 0.6 is 11.3 Å². The molecule has 0 aliphatic carbocycles. The number of ether oxygens (including phenoxy) is 2. The van der Waals surface area contributed by atoms with Crippen LogP contribution in [0.2, 0.25) is 0 Å². The van der Waals surface area contributed by atoms with E-state index in [0.717, 1.165) is 29.3 Å². The lowest BCUT2D eigenvalue weighted by molar-refractivity contribution is 0.174. The summed E-state index contributed by atoms with van der Waals surface area (Å²) in [5.74, 6) is 2.08. The second-order valence-corrected chi connectivity index (χ2v) is 6.59. The Balaban J connectivity index is 1.60. The first kappa shape index (κ1) is 14.9. The number of aromatic nitrogens is 3. The van der Waals surface area contributed by atoms with Crippen molar-refractivity contribution in [3.63, 3.8) is 0 Å². The van der Waals surface area contributed by atoms with Crippen LogP contribution in [0.15, 0.2) is 35.8 Å². The predicted molar refractivity (Wildman–Crippen MR) is 92.5 cm³/mol. The molecule has 2 aromatic heterocycles.